The van der Waals surface area contributed by atoms with E-state index in [2.05, 4.69) is 39.9 Å². The molecule has 10 heterocycles. The Bertz CT molecular complexity index is 5340. The predicted octanol–water partition coefficient (Wildman–Crippen LogP) is 20.7. The van der Waals surface area contributed by atoms with E-state index in [4.69, 9.17) is 110 Å². The van der Waals surface area contributed by atoms with Crippen LogP contribution in [-0.4, -0.2) is 114 Å². The van der Waals surface area contributed by atoms with Crippen molar-refractivity contribution in [1.82, 2.24) is 49.7 Å². The summed E-state index contributed by atoms with van der Waals surface area (Å²) in [5, 5.41) is 28.4. The number of aliphatic hydroxyl groups excluding tert-OH is 3. The molecule has 0 fully saturated rings. The van der Waals surface area contributed by atoms with Crippen LogP contribution in [0.4, 0.5) is 0 Å². The monoisotopic (exact) mass is 1910 g/mol. The number of nitrogens with two attached hydrogens (primary N) is 1. The maximum absolute atomic E-state index is 12.4. The third-order valence-corrected chi connectivity index (χ3v) is 25.6. The van der Waals surface area contributed by atoms with Gasteiger partial charge in [-0.15, -0.1) is 68.5 Å². The van der Waals surface area contributed by atoms with Crippen molar-refractivity contribution in [1.29, 1.82) is 0 Å². The number of carbonyl (C=O) groups is 5. The summed E-state index contributed by atoms with van der Waals surface area (Å²) in [7, 11) is 0. The summed E-state index contributed by atoms with van der Waals surface area (Å²) < 4.78 is 24.5. The molecule has 0 radical (unpaired) electrons. The van der Waals surface area contributed by atoms with Crippen LogP contribution in [0.3, 0.4) is 0 Å². The van der Waals surface area contributed by atoms with Crippen molar-refractivity contribution < 1.29 is 58.2 Å². The lowest BCUT2D eigenvalue weighted by Gasteiger charge is -2.11. The first-order valence-electron chi connectivity index (χ1n) is 37.3. The number of unbranched alkanes of at least 4 members (excludes halogenated alkanes) is 2. The molecule has 0 unspecified atom stereocenters. The fourth-order valence-corrected chi connectivity index (χ4v) is 17.4. The van der Waals surface area contributed by atoms with Crippen molar-refractivity contribution in [3.8, 4) is 20.8 Å². The van der Waals surface area contributed by atoms with Crippen molar-refractivity contribution in [2.75, 3.05) is 19.8 Å². The van der Waals surface area contributed by atoms with E-state index < -0.39 is 6.61 Å². The number of halogens is 6. The van der Waals surface area contributed by atoms with E-state index in [1.54, 1.807) is 103 Å². The van der Waals surface area contributed by atoms with Crippen molar-refractivity contribution in [3.63, 3.8) is 0 Å². The lowest BCUT2D eigenvalue weighted by Crippen LogP contribution is -2.28. The standard InChI is InChI=1S/C19H14N2O3S.C14H15NO3S.C14H17NO2S.C12H7ClN2O2S.C11H12N2OS.C7H10ClNOS.2C4H3Cl2NS/c22-17-15-8-4-5-9-16(15)18(23)21(17)11-14-10-20-19(25-14)24-12-13-6-2-1-3-7-13;16-9-12(17)6-7-13-8-15-14(19-13)18-10-11-4-2-1-3-5-11;16-9-5-4-8-13-10-15-14(18-13)17-11-12-6-2-1-3-7-12;13-12-14-5-7(18-12)6-15-10(16)8-3-1-2-4-9(8)11(15)17;12-6-10-7-13-11(15-10)14-8-9-4-2-1-3-5-9;8-7-9-5-6(11-7)3-1-2-4-10;2*5-1-3-2-7-4(6)8-3/h1-10H,11-12H2;1-5,8,16H,6-7,9-10H2;1-3,6-7,10,16H,4-5,8-9,11H2;1-5H,6H2;1-5,7H,6,8,12H2;5,10H,1-4H2;2*2H,1H2. The smallest absolute Gasteiger partial charge is 0.273 e. The molecule has 0 atom stereocenters. The highest BCUT2D eigenvalue weighted by molar-refractivity contribution is 7.17. The number of hydrogen-bond donors (Lipinski definition) is 4. The highest BCUT2D eigenvalue weighted by Crippen LogP contribution is 2.32. The first-order valence-corrected chi connectivity index (χ1v) is 46.5. The first kappa shape index (κ1) is 96.9. The average molecular weight is 1920 g/mol. The molecule has 638 valence electrons. The van der Waals surface area contributed by atoms with Crippen LogP contribution in [0.25, 0.3) is 0 Å². The molecule has 23 nitrogen and oxygen atoms in total. The number of ether oxygens (including phenoxy) is 4. The molecule has 16 rings (SSSR count). The van der Waals surface area contributed by atoms with Crippen molar-refractivity contribution >= 4 is 190 Å². The van der Waals surface area contributed by atoms with E-state index in [-0.39, 0.29) is 55.7 Å². The Labute approximate surface area is 767 Å². The molecule has 8 aromatic heterocycles. The molecule has 2 aliphatic heterocycles. The number of benzene rings is 6. The molecule has 122 heavy (non-hydrogen) atoms. The average Bonchev–Trinajstić information content (AvgIpc) is 1.64. The summed E-state index contributed by atoms with van der Waals surface area (Å²) in [6.45, 7) is 3.12. The summed E-state index contributed by atoms with van der Waals surface area (Å²) in [4.78, 5) is 103. The van der Waals surface area contributed by atoms with Crippen LogP contribution in [0, 0.1) is 0 Å². The number of aliphatic hydroxyl groups is 3. The molecular formula is C85H81Cl6N11O12S8. The van der Waals surface area contributed by atoms with Crippen LogP contribution in [0.15, 0.2) is 219 Å². The Hall–Kier alpha value is -8.91. The number of carbonyl (C=O) groups excluding carboxylic acids is 5. The molecule has 4 amide bonds. The zero-order chi connectivity index (χ0) is 86.6. The van der Waals surface area contributed by atoms with Crippen LogP contribution in [-0.2, 0) is 81.9 Å². The summed E-state index contributed by atoms with van der Waals surface area (Å²) >= 11 is 44.7. The van der Waals surface area contributed by atoms with Crippen LogP contribution in [0.2, 0.25) is 17.9 Å². The first-order chi connectivity index (χ1) is 59.4. The third-order valence-electron chi connectivity index (χ3n) is 16.4. The van der Waals surface area contributed by atoms with Gasteiger partial charge in [0.15, 0.2) is 23.7 Å². The van der Waals surface area contributed by atoms with Gasteiger partial charge in [-0.25, -0.2) is 39.9 Å². The van der Waals surface area contributed by atoms with Gasteiger partial charge in [-0.1, -0.05) is 237 Å². The number of ketones is 1. The van der Waals surface area contributed by atoms with Crippen molar-refractivity contribution in [3.05, 3.63) is 321 Å². The van der Waals surface area contributed by atoms with E-state index in [0.29, 0.717) is 113 Å². The molecule has 0 saturated heterocycles. The van der Waals surface area contributed by atoms with E-state index >= 15 is 0 Å². The Kier molecular flexibility index (Phi) is 42.9. The maximum Gasteiger partial charge on any atom is 0.273 e. The molecule has 0 saturated carbocycles. The minimum absolute atomic E-state index is 0.153. The van der Waals surface area contributed by atoms with Gasteiger partial charge in [0.1, 0.15) is 33.0 Å². The fraction of sp³-hybridized carbons (Fsp3) is 0.235. The summed E-state index contributed by atoms with van der Waals surface area (Å²) in [6.07, 6.45) is 20.3. The highest BCUT2D eigenvalue weighted by Gasteiger charge is 2.37. The number of imide groups is 2. The van der Waals surface area contributed by atoms with Crippen LogP contribution < -0.4 is 24.7 Å². The maximum atomic E-state index is 12.4. The Morgan fingerprint density at radius 1 is 0.336 bits per heavy atom. The van der Waals surface area contributed by atoms with Gasteiger partial charge >= 0.3 is 0 Å². The van der Waals surface area contributed by atoms with Gasteiger partial charge < -0.3 is 40.0 Å². The molecular weight excluding hydrogens is 1840 g/mol. The third kappa shape index (κ3) is 33.6. The quantitative estimate of drug-likeness (QED) is 0.0178. The van der Waals surface area contributed by atoms with Crippen molar-refractivity contribution in [2.24, 2.45) is 5.73 Å². The topological polar surface area (TPSA) is 319 Å². The predicted molar refractivity (Wildman–Crippen MR) is 489 cm³/mol. The van der Waals surface area contributed by atoms with Crippen LogP contribution in [0.5, 0.6) is 20.8 Å². The molecule has 14 aromatic rings. The Balaban J connectivity index is 0.000000162. The normalized spacial score (nSPS) is 11.4. The van der Waals surface area contributed by atoms with E-state index in [9.17, 15) is 24.0 Å². The molecule has 2 aliphatic rings. The number of hydrogen-bond acceptors (Lipinski definition) is 29. The Morgan fingerprint density at radius 2 is 0.598 bits per heavy atom. The second kappa shape index (κ2) is 54.0. The summed E-state index contributed by atoms with van der Waals surface area (Å²) in [6, 6.07) is 53.5. The summed E-state index contributed by atoms with van der Waals surface area (Å²) in [5.74, 6) is -0.198. The second-order valence-corrected chi connectivity index (χ2v) is 36.9. The Morgan fingerprint density at radius 3 is 0.885 bits per heavy atom. The zero-order valence-corrected chi connectivity index (χ0v) is 76.1. The number of thiazole rings is 8. The van der Waals surface area contributed by atoms with Gasteiger partial charge in [-0.05, 0) is 91.5 Å². The van der Waals surface area contributed by atoms with Crippen LogP contribution >= 0.6 is 160 Å². The van der Waals surface area contributed by atoms with Gasteiger partial charge in [0, 0.05) is 115 Å². The van der Waals surface area contributed by atoms with E-state index in [1.165, 1.54) is 98.9 Å². The molecule has 5 N–H and O–H groups in total. The molecule has 0 spiro atoms. The SMILES string of the molecule is ClCc1cnc(Cl)s1.ClCc1cnc(Cl)s1.NCc1cnc(OCc2ccccc2)s1.O=C(CO)CCc1cnc(OCc2ccccc2)s1.O=C1c2ccccc2C(=O)N1Cc1cnc(Cl)s1.O=C1c2ccccc2C(=O)N1Cc1cnc(OCc2ccccc2)s1.OCCCCc1cnc(Cl)s1.OCCCCc1cnc(OCc2ccccc2)s1. The fourth-order valence-electron chi connectivity index (χ4n) is 10.4. The number of nitrogens with zero attached hydrogens (tertiary/aromatic N) is 10. The number of Topliss-reactive ketones (excluding diaryl/α,β-unsaturated/α-hetero) is 1. The minimum Gasteiger partial charge on any atom is -0.465 e. The molecule has 6 aromatic carbocycles. The number of rotatable bonds is 31. The number of aryl methyl sites for hydroxylation is 3. The summed E-state index contributed by atoms with van der Waals surface area (Å²) in [5.41, 5.74) is 11.7. The van der Waals surface area contributed by atoms with Crippen molar-refractivity contribution in [2.45, 2.75) is 109 Å². The van der Waals surface area contributed by atoms with E-state index in [0.717, 1.165) is 95.2 Å². The number of fused-ring (bicyclic) bond motifs is 2. The lowest BCUT2D eigenvalue weighted by molar-refractivity contribution is -0.121. The number of aromatic nitrogens is 8. The van der Waals surface area contributed by atoms with Gasteiger partial charge in [0.05, 0.1) is 47.1 Å². The molecule has 37 heteroatoms. The minimum atomic E-state index is -0.393. The zero-order valence-electron chi connectivity index (χ0n) is 65.0. The van der Waals surface area contributed by atoms with Gasteiger partial charge in [-0.3, -0.25) is 33.8 Å². The largest absolute Gasteiger partial charge is 0.465 e. The van der Waals surface area contributed by atoms with Gasteiger partial charge in [0.25, 0.3) is 44.4 Å². The highest BCUT2D eigenvalue weighted by atomic mass is 35.5. The van der Waals surface area contributed by atoms with Gasteiger partial charge in [0.2, 0.25) is 0 Å². The molecule has 0 bridgehead atoms. The lowest BCUT2D eigenvalue weighted by atomic mass is 10.1. The van der Waals surface area contributed by atoms with Gasteiger partial charge in [-0.2, -0.15) is 0 Å². The second-order valence-electron chi connectivity index (χ2n) is 25.3. The van der Waals surface area contributed by atoms with Crippen LogP contribution in [0.1, 0.15) is 135 Å². The number of amides is 4. The number of alkyl halides is 2. The molecule has 0 aliphatic carbocycles. The van der Waals surface area contributed by atoms with E-state index in [1.807, 2.05) is 128 Å².